The van der Waals surface area contributed by atoms with E-state index in [-0.39, 0.29) is 30.5 Å². The van der Waals surface area contributed by atoms with E-state index in [9.17, 15) is 19.5 Å². The highest BCUT2D eigenvalue weighted by atomic mass is 16.4. The molecule has 1 fully saturated rings. The number of aryl methyl sites for hydroxylation is 2. The number of fused-ring (bicyclic) bond motifs is 1. The predicted octanol–water partition coefficient (Wildman–Crippen LogP) is 2.56. The van der Waals surface area contributed by atoms with E-state index >= 15 is 0 Å². The van der Waals surface area contributed by atoms with Crippen molar-refractivity contribution in [2.75, 3.05) is 13.1 Å². The lowest BCUT2D eigenvalue weighted by molar-refractivity contribution is -0.151. The first-order valence-corrected chi connectivity index (χ1v) is 10.0. The van der Waals surface area contributed by atoms with Crippen LogP contribution >= 0.6 is 0 Å². The monoisotopic (exact) mass is 387 g/mol. The van der Waals surface area contributed by atoms with Crippen LogP contribution in [0.3, 0.4) is 0 Å². The average molecular weight is 387 g/mol. The second-order valence-electron chi connectivity index (χ2n) is 8.01. The molecule has 1 saturated heterocycles. The van der Waals surface area contributed by atoms with Crippen LogP contribution in [0.25, 0.3) is 11.0 Å². The molecule has 152 valence electrons. The average Bonchev–Trinajstić information content (AvgIpc) is 3.23. The third-order valence-electron chi connectivity index (χ3n) is 6.11. The van der Waals surface area contributed by atoms with E-state index in [1.165, 1.54) is 0 Å². The summed E-state index contributed by atoms with van der Waals surface area (Å²) >= 11 is 0. The maximum atomic E-state index is 12.8. The van der Waals surface area contributed by atoms with Gasteiger partial charge in [-0.25, -0.2) is 4.79 Å². The number of imidazole rings is 1. The first kappa shape index (κ1) is 20.2. The summed E-state index contributed by atoms with van der Waals surface area (Å²) in [4.78, 5) is 39.0. The molecule has 1 aromatic carbocycles. The maximum Gasteiger partial charge on any atom is 0.329 e. The van der Waals surface area contributed by atoms with Crippen molar-refractivity contribution in [3.05, 3.63) is 34.7 Å². The Labute approximate surface area is 164 Å². The van der Waals surface area contributed by atoms with E-state index in [0.717, 1.165) is 17.5 Å². The first-order valence-electron chi connectivity index (χ1n) is 10.0. The topological polar surface area (TPSA) is 84.5 Å². The number of aliphatic carboxylic acids is 1. The maximum absolute atomic E-state index is 12.8. The van der Waals surface area contributed by atoms with Crippen molar-refractivity contribution in [3.8, 4) is 0 Å². The fourth-order valence-electron chi connectivity index (χ4n) is 4.23. The number of likely N-dealkylation sites (tertiary alicyclic amines) is 1. The molecule has 0 aliphatic carbocycles. The van der Waals surface area contributed by atoms with Crippen molar-refractivity contribution in [1.82, 2.24) is 14.0 Å². The van der Waals surface area contributed by atoms with Crippen LogP contribution in [0.2, 0.25) is 0 Å². The van der Waals surface area contributed by atoms with Gasteiger partial charge >= 0.3 is 11.7 Å². The van der Waals surface area contributed by atoms with E-state index in [1.54, 1.807) is 14.0 Å². The molecule has 7 nitrogen and oxygen atoms in total. The number of hydrogen-bond donors (Lipinski definition) is 1. The van der Waals surface area contributed by atoms with Crippen LogP contribution in [-0.4, -0.2) is 44.1 Å². The number of rotatable bonds is 7. The third kappa shape index (κ3) is 3.34. The van der Waals surface area contributed by atoms with Gasteiger partial charge in [0, 0.05) is 32.6 Å². The van der Waals surface area contributed by atoms with E-state index in [1.807, 2.05) is 45.0 Å². The fourth-order valence-corrected chi connectivity index (χ4v) is 4.23. The van der Waals surface area contributed by atoms with E-state index in [2.05, 4.69) is 0 Å². The van der Waals surface area contributed by atoms with Gasteiger partial charge in [0.05, 0.1) is 16.4 Å². The zero-order valence-electron chi connectivity index (χ0n) is 16.9. The molecule has 3 rings (SSSR count). The van der Waals surface area contributed by atoms with Gasteiger partial charge in [0.2, 0.25) is 5.91 Å². The second kappa shape index (κ2) is 7.81. The normalized spacial score (nSPS) is 19.6. The lowest BCUT2D eigenvalue weighted by Crippen LogP contribution is -2.40. The molecule has 2 heterocycles. The minimum atomic E-state index is -0.871. The molecule has 2 aromatic rings. The number of carboxylic acids is 1. The molecule has 1 atom stereocenters. The third-order valence-corrected chi connectivity index (χ3v) is 6.11. The van der Waals surface area contributed by atoms with Crippen molar-refractivity contribution < 1.29 is 14.7 Å². The molecule has 1 amide bonds. The summed E-state index contributed by atoms with van der Waals surface area (Å²) in [7, 11) is 0. The van der Waals surface area contributed by atoms with Gasteiger partial charge in [-0.05, 0) is 30.9 Å². The summed E-state index contributed by atoms with van der Waals surface area (Å²) in [6.45, 7) is 7.45. The minimum absolute atomic E-state index is 0.0440. The quantitative estimate of drug-likeness (QED) is 0.791. The molecule has 7 heteroatoms. The Morgan fingerprint density at radius 2 is 1.75 bits per heavy atom. The van der Waals surface area contributed by atoms with Crippen LogP contribution < -0.4 is 5.69 Å². The van der Waals surface area contributed by atoms with Gasteiger partial charge in [-0.3, -0.25) is 18.7 Å². The summed E-state index contributed by atoms with van der Waals surface area (Å²) in [5, 5.41) is 9.66. The molecular weight excluding hydrogens is 358 g/mol. The molecular formula is C21H29N3O4. The number of aromatic nitrogens is 2. The Hall–Kier alpha value is -2.57. The van der Waals surface area contributed by atoms with Crippen molar-refractivity contribution in [2.45, 2.75) is 53.1 Å². The molecule has 1 aliphatic rings. The summed E-state index contributed by atoms with van der Waals surface area (Å²) in [5.41, 5.74) is 0.744. The molecule has 1 unspecified atom stereocenters. The molecule has 0 saturated carbocycles. The lowest BCUT2D eigenvalue weighted by atomic mass is 9.76. The Morgan fingerprint density at radius 1 is 1.14 bits per heavy atom. The Kier molecular flexibility index (Phi) is 5.63. The largest absolute Gasteiger partial charge is 0.481 e. The lowest BCUT2D eigenvalue weighted by Gasteiger charge is -2.28. The summed E-state index contributed by atoms with van der Waals surface area (Å²) < 4.78 is 3.41. The van der Waals surface area contributed by atoms with Crippen LogP contribution in [0.15, 0.2) is 29.1 Å². The number of para-hydroxylation sites is 2. The minimum Gasteiger partial charge on any atom is -0.481 e. The number of benzene rings is 1. The van der Waals surface area contributed by atoms with Crippen LogP contribution in [0.1, 0.15) is 40.0 Å². The van der Waals surface area contributed by atoms with Crippen molar-refractivity contribution in [1.29, 1.82) is 0 Å². The molecule has 1 aromatic heterocycles. The highest BCUT2D eigenvalue weighted by Gasteiger charge is 2.48. The van der Waals surface area contributed by atoms with E-state index in [4.69, 9.17) is 0 Å². The van der Waals surface area contributed by atoms with Gasteiger partial charge in [-0.2, -0.15) is 0 Å². The molecule has 0 radical (unpaired) electrons. The Bertz CT molecular complexity index is 943. The standard InChI is InChI=1S/C21H29N3O4/c1-4-11-23-16-7-5-6-8-17(16)24(20(23)28)12-9-18(25)22-13-10-21(14-22,15(2)3)19(26)27/h5-8,15H,4,9-14H2,1-3H3,(H,26,27). The first-order chi connectivity index (χ1) is 13.3. The number of carbonyl (C=O) groups is 2. The van der Waals surface area contributed by atoms with Crippen molar-refractivity contribution in [3.63, 3.8) is 0 Å². The van der Waals surface area contributed by atoms with Gasteiger partial charge in [0.1, 0.15) is 0 Å². The second-order valence-corrected chi connectivity index (χ2v) is 8.01. The highest BCUT2D eigenvalue weighted by molar-refractivity contribution is 5.81. The fraction of sp³-hybridized carbons (Fsp3) is 0.571. The van der Waals surface area contributed by atoms with Crippen LogP contribution in [0.5, 0.6) is 0 Å². The highest BCUT2D eigenvalue weighted by Crippen LogP contribution is 2.38. The number of hydrogen-bond acceptors (Lipinski definition) is 3. The molecule has 0 spiro atoms. The summed E-state index contributed by atoms with van der Waals surface area (Å²) in [6, 6.07) is 7.62. The SMILES string of the molecule is CCCn1c(=O)n(CCC(=O)N2CCC(C(=O)O)(C(C)C)C2)c2ccccc21. The van der Waals surface area contributed by atoms with Gasteiger partial charge in [0.25, 0.3) is 0 Å². The summed E-state index contributed by atoms with van der Waals surface area (Å²) in [6.07, 6.45) is 1.52. The summed E-state index contributed by atoms with van der Waals surface area (Å²) in [5.74, 6) is -0.975. The molecule has 1 aliphatic heterocycles. The Balaban J connectivity index is 1.77. The van der Waals surface area contributed by atoms with Crippen LogP contribution in [0.4, 0.5) is 0 Å². The van der Waals surface area contributed by atoms with Gasteiger partial charge in [0.15, 0.2) is 0 Å². The number of nitrogens with zero attached hydrogens (tertiary/aromatic N) is 3. The molecule has 28 heavy (non-hydrogen) atoms. The van der Waals surface area contributed by atoms with E-state index < -0.39 is 11.4 Å². The zero-order chi connectivity index (χ0) is 20.5. The van der Waals surface area contributed by atoms with Gasteiger partial charge < -0.3 is 10.0 Å². The van der Waals surface area contributed by atoms with Gasteiger partial charge in [-0.1, -0.05) is 32.9 Å². The zero-order valence-corrected chi connectivity index (χ0v) is 16.9. The molecule has 1 N–H and O–H groups in total. The Morgan fingerprint density at radius 3 is 2.25 bits per heavy atom. The predicted molar refractivity (Wildman–Crippen MR) is 107 cm³/mol. The van der Waals surface area contributed by atoms with Gasteiger partial charge in [-0.15, -0.1) is 0 Å². The smallest absolute Gasteiger partial charge is 0.329 e. The van der Waals surface area contributed by atoms with Crippen molar-refractivity contribution in [2.24, 2.45) is 11.3 Å². The van der Waals surface area contributed by atoms with Crippen LogP contribution in [0, 0.1) is 11.3 Å². The molecule has 0 bridgehead atoms. The van der Waals surface area contributed by atoms with Crippen LogP contribution in [-0.2, 0) is 22.7 Å². The van der Waals surface area contributed by atoms with E-state index in [0.29, 0.717) is 26.1 Å². The number of carbonyl (C=O) groups excluding carboxylic acids is 1. The number of carboxylic acid groups (broad SMARTS) is 1. The van der Waals surface area contributed by atoms with Crippen molar-refractivity contribution >= 4 is 22.9 Å². The number of amides is 1.